The number of benzene rings is 4. The van der Waals surface area contributed by atoms with Gasteiger partial charge in [-0.2, -0.15) is 16.8 Å². The van der Waals surface area contributed by atoms with Crippen molar-refractivity contribution in [2.24, 2.45) is 0 Å². The Morgan fingerprint density at radius 3 is 1.41 bits per heavy atom. The van der Waals surface area contributed by atoms with E-state index < -0.39 is 67.7 Å². The lowest BCUT2D eigenvalue weighted by atomic mass is 10.2. The molecule has 0 spiro atoms. The van der Waals surface area contributed by atoms with Crippen molar-refractivity contribution in [3.05, 3.63) is 142 Å². The van der Waals surface area contributed by atoms with Gasteiger partial charge in [0.2, 0.25) is 11.8 Å². The molecule has 348 valence electrons. The number of aromatic nitrogens is 1. The maximum absolute atomic E-state index is 12.6. The zero-order valence-electron chi connectivity index (χ0n) is 34.1. The Hall–Kier alpha value is -6.86. The molecule has 1 aliphatic rings. The molecule has 2 unspecified atom stereocenters. The molecule has 6 rings (SSSR count). The normalized spacial score (nSPS) is 13.5. The van der Waals surface area contributed by atoms with Gasteiger partial charge in [0.25, 0.3) is 31.7 Å². The van der Waals surface area contributed by atoms with Gasteiger partial charge in [0.15, 0.2) is 0 Å². The number of urea groups is 2. The van der Waals surface area contributed by atoms with Crippen molar-refractivity contribution in [3.8, 4) is 5.69 Å². The van der Waals surface area contributed by atoms with E-state index in [4.69, 9.17) is 27.9 Å². The number of rotatable bonds is 14. The minimum absolute atomic E-state index is 0.0143. The van der Waals surface area contributed by atoms with Crippen molar-refractivity contribution in [3.63, 3.8) is 0 Å². The number of hydrogen-bond acceptors (Lipinski definition) is 11. The molecule has 2 heterocycles. The van der Waals surface area contributed by atoms with Crippen LogP contribution in [-0.2, 0) is 39.4 Å². The highest BCUT2D eigenvalue weighted by Crippen LogP contribution is 2.21. The number of ether oxygens (including phenoxy) is 1. The van der Waals surface area contributed by atoms with Crippen LogP contribution in [-0.4, -0.2) is 104 Å². The molecule has 21 nitrogen and oxygen atoms in total. The third-order valence-electron chi connectivity index (χ3n) is 8.87. The second-order valence-electron chi connectivity index (χ2n) is 13.9. The Balaban J connectivity index is 0.000000247. The van der Waals surface area contributed by atoms with Gasteiger partial charge in [-0.3, -0.25) is 32.9 Å². The molecule has 0 aliphatic carbocycles. The van der Waals surface area contributed by atoms with E-state index in [-0.39, 0.29) is 23.8 Å². The van der Waals surface area contributed by atoms with E-state index in [9.17, 15) is 54.7 Å². The Morgan fingerprint density at radius 1 is 0.591 bits per heavy atom. The van der Waals surface area contributed by atoms with E-state index in [2.05, 4.69) is 31.9 Å². The van der Waals surface area contributed by atoms with Crippen molar-refractivity contribution in [1.29, 1.82) is 0 Å². The van der Waals surface area contributed by atoms with Gasteiger partial charge < -0.3 is 41.5 Å². The first-order chi connectivity index (χ1) is 31.2. The van der Waals surface area contributed by atoms with Crippen LogP contribution in [0.5, 0.6) is 0 Å². The summed E-state index contributed by atoms with van der Waals surface area (Å²) in [7, 11) is -9.18. The van der Waals surface area contributed by atoms with Gasteiger partial charge in [-0.1, -0.05) is 29.3 Å². The van der Waals surface area contributed by atoms with E-state index in [1.54, 1.807) is 47.5 Å². The third kappa shape index (κ3) is 16.3. The Morgan fingerprint density at radius 2 is 1.00 bits per heavy atom. The summed E-state index contributed by atoms with van der Waals surface area (Å²) in [6.07, 6.45) is 1.58. The number of morpholine rings is 1. The lowest BCUT2D eigenvalue weighted by molar-refractivity contribution is -0.125. The number of halogens is 2. The van der Waals surface area contributed by atoms with Crippen LogP contribution in [0.15, 0.2) is 126 Å². The van der Waals surface area contributed by atoms with Crippen molar-refractivity contribution in [2.75, 3.05) is 57.4 Å². The van der Waals surface area contributed by atoms with Gasteiger partial charge in [-0.05, 0) is 103 Å². The Bertz CT molecular complexity index is 2820. The smallest absolute Gasteiger partial charge is 0.319 e. The summed E-state index contributed by atoms with van der Waals surface area (Å²) in [4.78, 5) is 75.1. The molecule has 25 heteroatoms. The number of hydrogen-bond donors (Lipinski definition) is 8. The molecule has 0 bridgehead atoms. The van der Waals surface area contributed by atoms with Crippen molar-refractivity contribution in [2.45, 2.75) is 12.1 Å². The summed E-state index contributed by atoms with van der Waals surface area (Å²) in [6, 6.07) is 24.4. The van der Waals surface area contributed by atoms with E-state index >= 15 is 0 Å². The van der Waals surface area contributed by atoms with Crippen LogP contribution in [0.3, 0.4) is 0 Å². The zero-order chi connectivity index (χ0) is 48.0. The largest absolute Gasteiger partial charge is 0.370 e. The van der Waals surface area contributed by atoms with Gasteiger partial charge in [0.1, 0.15) is 30.2 Å². The van der Waals surface area contributed by atoms with E-state index in [0.717, 1.165) is 0 Å². The predicted molar refractivity (Wildman–Crippen MR) is 247 cm³/mol. The van der Waals surface area contributed by atoms with Crippen molar-refractivity contribution < 1.29 is 54.7 Å². The van der Waals surface area contributed by atoms with Crippen molar-refractivity contribution in [1.82, 2.24) is 15.2 Å². The van der Waals surface area contributed by atoms with Crippen LogP contribution >= 0.6 is 23.2 Å². The average Bonchev–Trinajstić information content (AvgIpc) is 3.25. The molecule has 7 amide bonds. The van der Waals surface area contributed by atoms with Crippen LogP contribution in [0, 0.1) is 0 Å². The van der Waals surface area contributed by atoms with Gasteiger partial charge in [0, 0.05) is 63.0 Å². The molecule has 66 heavy (non-hydrogen) atoms. The summed E-state index contributed by atoms with van der Waals surface area (Å²) < 4.78 is 70.4. The lowest BCUT2D eigenvalue weighted by Gasteiger charge is -2.27. The fraction of sp³-hybridized carbons (Fsp3) is 0.171. The minimum atomic E-state index is -4.59. The van der Waals surface area contributed by atoms with E-state index in [1.165, 1.54) is 83.4 Å². The van der Waals surface area contributed by atoms with Gasteiger partial charge in [-0.15, -0.1) is 0 Å². The van der Waals surface area contributed by atoms with Gasteiger partial charge in [-0.25, -0.2) is 9.59 Å². The highest BCUT2D eigenvalue weighted by molar-refractivity contribution is 7.86. The Labute approximate surface area is 386 Å². The van der Waals surface area contributed by atoms with Crippen LogP contribution in [0.2, 0.25) is 10.0 Å². The molecule has 4 aromatic carbocycles. The predicted octanol–water partition coefficient (Wildman–Crippen LogP) is 4.23. The molecule has 5 aromatic rings. The maximum Gasteiger partial charge on any atom is 0.319 e. The van der Waals surface area contributed by atoms with Crippen LogP contribution in [0.4, 0.5) is 38.0 Å². The third-order valence-corrected chi connectivity index (χ3v) is 10.9. The number of nitrogens with one attached hydrogen (secondary N) is 6. The highest BCUT2D eigenvalue weighted by atomic mass is 35.5. The highest BCUT2D eigenvalue weighted by Gasteiger charge is 2.28. The quantitative estimate of drug-likeness (QED) is 0.0724. The summed E-state index contributed by atoms with van der Waals surface area (Å²) in [6.45, 7) is 0.790. The average molecular weight is 988 g/mol. The Kier molecular flexibility index (Phi) is 17.4. The molecule has 1 aliphatic heterocycles. The first kappa shape index (κ1) is 50.1. The summed E-state index contributed by atoms with van der Waals surface area (Å²) in [5.41, 5.74) is 2.21. The number of pyridine rings is 1. The second kappa shape index (κ2) is 22.9. The lowest BCUT2D eigenvalue weighted by Crippen LogP contribution is -2.49. The molecule has 8 N–H and O–H groups in total. The second-order valence-corrected chi connectivity index (χ2v) is 17.8. The number of carbonyl (C=O) groups excluding carboxylic acids is 5. The molecule has 0 radical (unpaired) electrons. The first-order valence-electron chi connectivity index (χ1n) is 19.2. The summed E-state index contributed by atoms with van der Waals surface area (Å²) in [5, 5.41) is 15.2. The van der Waals surface area contributed by atoms with Crippen LogP contribution in [0.25, 0.3) is 5.69 Å². The standard InChI is InChI=1S/C21H19ClN4O6S.C20H21ClN4O7S/c22-14-4-6-16(7-5-14)24-21(29)25-18(13-33(30,31)32)20(28)23-15-8-10-17(11-9-15)26-12-2-1-3-19(26)27;21-13-1-3-15(4-2-13)23-20(28)24-17(12-33(29,30)31)19(27)22-14-5-7-16(8-6-14)25-9-10-32-11-18(25)26/h1-12,18H,13H2,(H,23,28)(H2,24,25,29)(H,30,31,32);1-8,17H,9-12H2,(H,22,27)(H2,23,24,28)(H,29,30,31). The molecule has 2 atom stereocenters. The fourth-order valence-corrected chi connectivity index (χ4v) is 7.39. The molecule has 0 saturated carbocycles. The van der Waals surface area contributed by atoms with Crippen molar-refractivity contribution >= 4 is 102 Å². The van der Waals surface area contributed by atoms with E-state index in [0.29, 0.717) is 51.6 Å². The monoisotopic (exact) mass is 986 g/mol. The SMILES string of the molecule is O=C(Nc1ccc(Cl)cc1)NC(CS(=O)(=O)O)C(=O)Nc1ccc(-n2ccccc2=O)cc1.O=C(Nc1ccc(Cl)cc1)NC(CS(=O)(=O)O)C(=O)Nc1ccc(N2CCOCC2=O)cc1. The number of nitrogens with zero attached hydrogens (tertiary/aromatic N) is 2. The fourth-order valence-electron chi connectivity index (χ4n) is 5.82. The summed E-state index contributed by atoms with van der Waals surface area (Å²) in [5.74, 6) is -4.00. The molecule has 1 aromatic heterocycles. The summed E-state index contributed by atoms with van der Waals surface area (Å²) >= 11 is 11.6. The van der Waals surface area contributed by atoms with Crippen LogP contribution in [0.1, 0.15) is 0 Å². The molecule has 1 saturated heterocycles. The maximum atomic E-state index is 12.6. The first-order valence-corrected chi connectivity index (χ1v) is 23.1. The zero-order valence-corrected chi connectivity index (χ0v) is 37.2. The van der Waals surface area contributed by atoms with Crippen LogP contribution < -0.4 is 42.4 Å². The molecule has 1 fully saturated rings. The number of anilines is 5. The number of carbonyl (C=O) groups is 5. The molecular weight excluding hydrogens is 948 g/mol. The number of amides is 7. The van der Waals surface area contributed by atoms with Gasteiger partial charge >= 0.3 is 12.1 Å². The molecular formula is C41H40Cl2N8O13S2. The van der Waals surface area contributed by atoms with E-state index in [1.807, 2.05) is 0 Å². The minimum Gasteiger partial charge on any atom is -0.370 e. The van der Waals surface area contributed by atoms with Gasteiger partial charge in [0.05, 0.1) is 6.61 Å². The topological polar surface area (TPSA) is 301 Å².